The highest BCUT2D eigenvalue weighted by atomic mass is 16.5. The first-order chi connectivity index (χ1) is 15.5. The van der Waals surface area contributed by atoms with E-state index in [1.807, 2.05) is 24.3 Å². The summed E-state index contributed by atoms with van der Waals surface area (Å²) in [6.07, 6.45) is 13.5. The fourth-order valence-corrected chi connectivity index (χ4v) is 3.80. The number of aromatic amines is 1. The molecule has 0 aliphatic heterocycles. The van der Waals surface area contributed by atoms with Gasteiger partial charge in [-0.2, -0.15) is 4.98 Å². The number of hydrogen-bond acceptors (Lipinski definition) is 4. The van der Waals surface area contributed by atoms with E-state index >= 15 is 0 Å². The van der Waals surface area contributed by atoms with Gasteiger partial charge in [-0.05, 0) is 49.4 Å². The smallest absolute Gasteiger partial charge is 0.258 e. The molecule has 1 aromatic carbocycles. The lowest BCUT2D eigenvalue weighted by Crippen LogP contribution is -2.15. The summed E-state index contributed by atoms with van der Waals surface area (Å²) in [5.74, 6) is 1.85. The number of aromatic hydroxyl groups is 1. The Morgan fingerprint density at radius 2 is 1.66 bits per heavy atom. The minimum Gasteiger partial charge on any atom is -0.494 e. The van der Waals surface area contributed by atoms with Gasteiger partial charge in [-0.1, -0.05) is 78.6 Å². The maximum absolute atomic E-state index is 12.5. The second-order valence-corrected chi connectivity index (χ2v) is 8.97. The third kappa shape index (κ3) is 9.05. The molecule has 0 saturated heterocycles. The molecule has 0 unspecified atom stereocenters. The van der Waals surface area contributed by atoms with Crippen LogP contribution in [0.1, 0.15) is 97.0 Å². The van der Waals surface area contributed by atoms with Crippen LogP contribution in [0.4, 0.5) is 0 Å². The molecule has 32 heavy (non-hydrogen) atoms. The maximum atomic E-state index is 12.5. The van der Waals surface area contributed by atoms with Gasteiger partial charge in [-0.15, -0.1) is 0 Å². The Morgan fingerprint density at radius 3 is 2.34 bits per heavy atom. The van der Waals surface area contributed by atoms with Gasteiger partial charge in [0.25, 0.3) is 5.56 Å². The van der Waals surface area contributed by atoms with E-state index in [-0.39, 0.29) is 11.4 Å². The molecule has 0 fully saturated rings. The Morgan fingerprint density at radius 1 is 0.969 bits per heavy atom. The number of unbranched alkanes of at least 4 members (excludes halogenated alkanes) is 7. The van der Waals surface area contributed by atoms with Gasteiger partial charge in [0.2, 0.25) is 5.88 Å². The van der Waals surface area contributed by atoms with Gasteiger partial charge in [-0.3, -0.25) is 4.79 Å². The molecule has 2 rings (SSSR count). The van der Waals surface area contributed by atoms with Crippen LogP contribution >= 0.6 is 0 Å². The lowest BCUT2D eigenvalue weighted by atomic mass is 10.0. The topological polar surface area (TPSA) is 75.2 Å². The van der Waals surface area contributed by atoms with E-state index in [1.165, 1.54) is 51.4 Å². The second-order valence-electron chi connectivity index (χ2n) is 8.97. The molecule has 5 nitrogen and oxygen atoms in total. The molecule has 0 amide bonds. The van der Waals surface area contributed by atoms with Crippen molar-refractivity contribution in [3.63, 3.8) is 0 Å². The van der Waals surface area contributed by atoms with E-state index in [2.05, 4.69) is 30.7 Å². The van der Waals surface area contributed by atoms with Crippen molar-refractivity contribution in [3.8, 4) is 23.0 Å². The zero-order valence-corrected chi connectivity index (χ0v) is 20.3. The van der Waals surface area contributed by atoms with Crippen LogP contribution in [-0.2, 0) is 6.42 Å². The van der Waals surface area contributed by atoms with Crippen molar-refractivity contribution in [2.45, 2.75) is 97.8 Å². The van der Waals surface area contributed by atoms with E-state index < -0.39 is 0 Å². The monoisotopic (exact) mass is 442 g/mol. The van der Waals surface area contributed by atoms with E-state index in [0.717, 1.165) is 36.5 Å². The molecule has 0 aliphatic carbocycles. The normalized spacial score (nSPS) is 12.1. The minimum atomic E-state index is -0.251. The number of nitrogens with one attached hydrogen (secondary N) is 1. The summed E-state index contributed by atoms with van der Waals surface area (Å²) in [6.45, 7) is 7.46. The number of ether oxygens (including phenoxy) is 1. The Kier molecular flexibility index (Phi) is 11.9. The van der Waals surface area contributed by atoms with Crippen molar-refractivity contribution in [3.05, 3.63) is 40.2 Å². The molecule has 5 heteroatoms. The SMILES string of the molecule is CCCCCCCCc1c(O)nc(-c2ccc(OCCCCC[C@@H](C)CC)cc2)[nH]c1=O. The van der Waals surface area contributed by atoms with Gasteiger partial charge in [0.1, 0.15) is 11.6 Å². The number of nitrogens with zero attached hydrogens (tertiary/aromatic N) is 1. The lowest BCUT2D eigenvalue weighted by Gasteiger charge is -2.09. The van der Waals surface area contributed by atoms with Crippen LogP contribution in [-0.4, -0.2) is 21.7 Å². The molecule has 0 bridgehead atoms. The predicted octanol–water partition coefficient (Wildman–Crippen LogP) is 7.03. The van der Waals surface area contributed by atoms with Gasteiger partial charge >= 0.3 is 0 Å². The van der Waals surface area contributed by atoms with Crippen LogP contribution in [0.5, 0.6) is 11.6 Å². The number of rotatable bonds is 16. The summed E-state index contributed by atoms with van der Waals surface area (Å²) in [5, 5.41) is 10.3. The molecule has 0 aliphatic rings. The molecule has 178 valence electrons. The highest BCUT2D eigenvalue weighted by molar-refractivity contribution is 5.56. The quantitative estimate of drug-likeness (QED) is 0.274. The Hall–Kier alpha value is -2.30. The van der Waals surface area contributed by atoms with Crippen LogP contribution in [0.3, 0.4) is 0 Å². The molecule has 0 saturated carbocycles. The Bertz CT molecular complexity index is 830. The van der Waals surface area contributed by atoms with Crippen LogP contribution < -0.4 is 10.3 Å². The number of H-pyrrole nitrogens is 1. The van der Waals surface area contributed by atoms with E-state index in [4.69, 9.17) is 4.74 Å². The van der Waals surface area contributed by atoms with E-state index in [0.29, 0.717) is 24.4 Å². The third-order valence-electron chi connectivity index (χ3n) is 6.21. The van der Waals surface area contributed by atoms with Crippen LogP contribution in [0, 0.1) is 5.92 Å². The van der Waals surface area contributed by atoms with Crippen molar-refractivity contribution in [1.82, 2.24) is 9.97 Å². The number of hydrogen-bond donors (Lipinski definition) is 2. The fraction of sp³-hybridized carbons (Fsp3) is 0.630. The molecule has 1 aromatic heterocycles. The van der Waals surface area contributed by atoms with Gasteiger partial charge in [-0.25, -0.2) is 0 Å². The first-order valence-corrected chi connectivity index (χ1v) is 12.6. The molecule has 2 N–H and O–H groups in total. The highest BCUT2D eigenvalue weighted by Gasteiger charge is 2.12. The molecule has 1 atom stereocenters. The van der Waals surface area contributed by atoms with Crippen molar-refractivity contribution in [1.29, 1.82) is 0 Å². The number of benzene rings is 1. The summed E-state index contributed by atoms with van der Waals surface area (Å²) in [6, 6.07) is 7.50. The van der Waals surface area contributed by atoms with Crippen molar-refractivity contribution in [2.75, 3.05) is 6.61 Å². The predicted molar refractivity (Wildman–Crippen MR) is 132 cm³/mol. The number of aromatic nitrogens is 2. The minimum absolute atomic E-state index is 0.157. The van der Waals surface area contributed by atoms with E-state index in [1.54, 1.807) is 0 Å². The Balaban J connectivity index is 1.82. The molecule has 0 spiro atoms. The average Bonchev–Trinajstić information content (AvgIpc) is 2.80. The van der Waals surface area contributed by atoms with Crippen LogP contribution in [0.15, 0.2) is 29.1 Å². The van der Waals surface area contributed by atoms with Crippen molar-refractivity contribution < 1.29 is 9.84 Å². The van der Waals surface area contributed by atoms with Gasteiger partial charge < -0.3 is 14.8 Å². The third-order valence-corrected chi connectivity index (χ3v) is 6.21. The summed E-state index contributed by atoms with van der Waals surface area (Å²) in [7, 11) is 0. The van der Waals surface area contributed by atoms with E-state index in [9.17, 15) is 9.90 Å². The largest absolute Gasteiger partial charge is 0.494 e. The second kappa shape index (κ2) is 14.7. The van der Waals surface area contributed by atoms with Gasteiger partial charge in [0.05, 0.1) is 12.2 Å². The maximum Gasteiger partial charge on any atom is 0.258 e. The standard InChI is InChI=1S/C27H42N2O3/c1-4-6-7-8-9-12-15-24-26(30)28-25(29-27(24)31)22-16-18-23(19-17-22)32-20-13-10-11-14-21(3)5-2/h16-19,21H,4-15,20H2,1-3H3,(H2,28,29,30,31)/t21-/m0/s1. The summed E-state index contributed by atoms with van der Waals surface area (Å²) in [5.41, 5.74) is 0.890. The molecule has 1 heterocycles. The van der Waals surface area contributed by atoms with Crippen LogP contribution in [0.25, 0.3) is 11.4 Å². The summed E-state index contributed by atoms with van der Waals surface area (Å²) >= 11 is 0. The van der Waals surface area contributed by atoms with Crippen molar-refractivity contribution >= 4 is 0 Å². The van der Waals surface area contributed by atoms with Crippen molar-refractivity contribution in [2.24, 2.45) is 5.92 Å². The zero-order valence-electron chi connectivity index (χ0n) is 20.3. The van der Waals surface area contributed by atoms with Crippen LogP contribution in [0.2, 0.25) is 0 Å². The first kappa shape index (κ1) is 26.0. The molecule has 0 radical (unpaired) electrons. The molecular weight excluding hydrogens is 400 g/mol. The molecule has 2 aromatic rings. The lowest BCUT2D eigenvalue weighted by molar-refractivity contribution is 0.302. The molecular formula is C27H42N2O3. The van der Waals surface area contributed by atoms with Gasteiger partial charge in [0, 0.05) is 5.56 Å². The Labute approximate surface area is 193 Å². The summed E-state index contributed by atoms with van der Waals surface area (Å²) < 4.78 is 5.83. The zero-order chi connectivity index (χ0) is 23.2. The summed E-state index contributed by atoms with van der Waals surface area (Å²) in [4.78, 5) is 19.5. The highest BCUT2D eigenvalue weighted by Crippen LogP contribution is 2.22. The average molecular weight is 443 g/mol. The fourth-order valence-electron chi connectivity index (χ4n) is 3.80. The first-order valence-electron chi connectivity index (χ1n) is 12.6. The van der Waals surface area contributed by atoms with Gasteiger partial charge in [0.15, 0.2) is 0 Å².